The van der Waals surface area contributed by atoms with E-state index in [1.54, 1.807) is 18.4 Å². The number of thiophene rings is 1. The van der Waals surface area contributed by atoms with Crippen LogP contribution in [0.5, 0.6) is 0 Å². The number of nitrogens with two attached hydrogens (primary N) is 1. The molecule has 1 aromatic heterocycles. The van der Waals surface area contributed by atoms with Crippen LogP contribution in [0, 0.1) is 17.5 Å². The third-order valence-electron chi connectivity index (χ3n) is 3.44. The van der Waals surface area contributed by atoms with E-state index in [9.17, 15) is 13.2 Å². The molecule has 0 amide bonds. The highest BCUT2D eigenvalue weighted by Crippen LogP contribution is 2.24. The van der Waals surface area contributed by atoms with Gasteiger partial charge in [0.1, 0.15) is 5.82 Å². The Bertz CT molecular complexity index is 587. The smallest absolute Gasteiger partial charge is 0.161 e. The molecule has 0 spiro atoms. The third kappa shape index (κ3) is 3.84. The van der Waals surface area contributed by atoms with Gasteiger partial charge in [-0.05, 0) is 31.0 Å². The highest BCUT2D eigenvalue weighted by Gasteiger charge is 2.21. The van der Waals surface area contributed by atoms with Gasteiger partial charge in [0.15, 0.2) is 11.6 Å². The Morgan fingerprint density at radius 2 is 1.90 bits per heavy atom. The van der Waals surface area contributed by atoms with Crippen molar-refractivity contribution in [3.05, 3.63) is 57.5 Å². The first kappa shape index (κ1) is 16.0. The van der Waals surface area contributed by atoms with Crippen LogP contribution in [-0.4, -0.2) is 25.0 Å². The molecule has 0 aliphatic heterocycles. The fraction of sp³-hybridized carbons (Fsp3) is 0.333. The van der Waals surface area contributed by atoms with Gasteiger partial charge < -0.3 is 5.73 Å². The number of nitrogens with zero attached hydrogens (tertiary/aromatic N) is 1. The lowest BCUT2D eigenvalue weighted by molar-refractivity contribution is 0.247. The summed E-state index contributed by atoms with van der Waals surface area (Å²) in [6.45, 7) is 0.781. The Balaban J connectivity index is 2.13. The molecule has 1 aromatic carbocycles. The Labute approximate surface area is 126 Å². The highest BCUT2D eigenvalue weighted by atomic mass is 32.1. The lowest BCUT2D eigenvalue weighted by Gasteiger charge is -2.27. The maximum Gasteiger partial charge on any atom is 0.161 e. The summed E-state index contributed by atoms with van der Waals surface area (Å²) in [5.41, 5.74) is 5.78. The molecule has 21 heavy (non-hydrogen) atoms. The van der Waals surface area contributed by atoms with Crippen LogP contribution in [0.15, 0.2) is 29.6 Å². The van der Waals surface area contributed by atoms with Crippen LogP contribution in [0.2, 0.25) is 0 Å². The summed E-state index contributed by atoms with van der Waals surface area (Å²) < 4.78 is 40.2. The molecule has 1 atom stereocenters. The normalized spacial score (nSPS) is 12.9. The zero-order chi connectivity index (χ0) is 15.4. The molecule has 0 radical (unpaired) electrons. The van der Waals surface area contributed by atoms with Gasteiger partial charge in [0.25, 0.3) is 0 Å². The van der Waals surface area contributed by atoms with Gasteiger partial charge in [0.2, 0.25) is 0 Å². The second-order valence-electron chi connectivity index (χ2n) is 4.85. The zero-order valence-electron chi connectivity index (χ0n) is 11.7. The topological polar surface area (TPSA) is 29.3 Å². The van der Waals surface area contributed by atoms with E-state index in [0.29, 0.717) is 12.6 Å². The molecular formula is C15H17F3N2S. The molecule has 2 aromatic rings. The quantitative estimate of drug-likeness (QED) is 0.829. The van der Waals surface area contributed by atoms with E-state index in [2.05, 4.69) is 0 Å². The van der Waals surface area contributed by atoms with Crippen molar-refractivity contribution < 1.29 is 13.2 Å². The molecule has 1 heterocycles. The Kier molecular flexibility index (Phi) is 5.39. The van der Waals surface area contributed by atoms with Gasteiger partial charge in [-0.1, -0.05) is 6.07 Å². The summed E-state index contributed by atoms with van der Waals surface area (Å²) in [6, 6.07) is 4.97. The van der Waals surface area contributed by atoms with Gasteiger partial charge >= 0.3 is 0 Å². The number of likely N-dealkylation sites (N-methyl/N-ethyl adjacent to an activating group) is 1. The molecule has 0 saturated heterocycles. The average Bonchev–Trinajstić information content (AvgIpc) is 2.96. The molecule has 1 unspecified atom stereocenters. The monoisotopic (exact) mass is 314 g/mol. The van der Waals surface area contributed by atoms with Crippen molar-refractivity contribution in [3.8, 4) is 0 Å². The van der Waals surface area contributed by atoms with E-state index in [1.165, 1.54) is 4.88 Å². The lowest BCUT2D eigenvalue weighted by Crippen LogP contribution is -2.32. The maximum absolute atomic E-state index is 13.9. The van der Waals surface area contributed by atoms with Crippen molar-refractivity contribution in [2.24, 2.45) is 5.73 Å². The Hall–Kier alpha value is -1.37. The summed E-state index contributed by atoms with van der Waals surface area (Å²) >= 11 is 1.65. The van der Waals surface area contributed by atoms with Crippen LogP contribution in [0.1, 0.15) is 16.5 Å². The average molecular weight is 314 g/mol. The summed E-state index contributed by atoms with van der Waals surface area (Å²) in [7, 11) is 1.80. The first-order chi connectivity index (χ1) is 10.0. The summed E-state index contributed by atoms with van der Waals surface area (Å²) in [5, 5.41) is 1.99. The number of benzene rings is 1. The largest absolute Gasteiger partial charge is 0.329 e. The molecule has 2 rings (SSSR count). The minimum atomic E-state index is -1.19. The maximum atomic E-state index is 13.9. The van der Waals surface area contributed by atoms with Crippen molar-refractivity contribution in [1.29, 1.82) is 0 Å². The molecule has 2 N–H and O–H groups in total. The number of halogens is 3. The van der Waals surface area contributed by atoms with Gasteiger partial charge in [0, 0.05) is 35.6 Å². The van der Waals surface area contributed by atoms with Crippen LogP contribution in [0.4, 0.5) is 13.2 Å². The predicted octanol–water partition coefficient (Wildman–Crippen LogP) is 3.34. The molecule has 0 aliphatic carbocycles. The second-order valence-corrected chi connectivity index (χ2v) is 5.88. The third-order valence-corrected chi connectivity index (χ3v) is 4.38. The number of hydrogen-bond donors (Lipinski definition) is 1. The molecule has 0 saturated carbocycles. The molecule has 0 bridgehead atoms. The summed E-state index contributed by atoms with van der Waals surface area (Å²) in [5.74, 6) is -3.02. The fourth-order valence-electron chi connectivity index (χ4n) is 2.23. The van der Waals surface area contributed by atoms with Crippen molar-refractivity contribution >= 4 is 11.3 Å². The van der Waals surface area contributed by atoms with Crippen molar-refractivity contribution in [3.63, 3.8) is 0 Å². The lowest BCUT2D eigenvalue weighted by atomic mass is 10.0. The van der Waals surface area contributed by atoms with Gasteiger partial charge in [-0.2, -0.15) is 0 Å². The zero-order valence-corrected chi connectivity index (χ0v) is 12.5. The SMILES string of the molecule is CN(CCc1cccs1)C(CN)c1cc(F)c(F)cc1F. The van der Waals surface area contributed by atoms with Crippen molar-refractivity contribution in [1.82, 2.24) is 4.90 Å². The molecule has 6 heteroatoms. The first-order valence-electron chi connectivity index (χ1n) is 6.60. The van der Waals surface area contributed by atoms with Gasteiger partial charge in [-0.25, -0.2) is 13.2 Å². The van der Waals surface area contributed by atoms with E-state index < -0.39 is 23.5 Å². The van der Waals surface area contributed by atoms with Crippen LogP contribution in [-0.2, 0) is 6.42 Å². The second kappa shape index (κ2) is 7.06. The van der Waals surface area contributed by atoms with E-state index in [-0.39, 0.29) is 12.1 Å². The van der Waals surface area contributed by atoms with Gasteiger partial charge in [0.05, 0.1) is 0 Å². The van der Waals surface area contributed by atoms with Gasteiger partial charge in [-0.3, -0.25) is 4.90 Å². The van der Waals surface area contributed by atoms with Crippen LogP contribution < -0.4 is 5.73 Å². The molecule has 0 fully saturated rings. The minimum absolute atomic E-state index is 0.0880. The van der Waals surface area contributed by atoms with E-state index in [1.807, 2.05) is 22.4 Å². The van der Waals surface area contributed by atoms with Crippen LogP contribution >= 0.6 is 11.3 Å². The highest BCUT2D eigenvalue weighted by molar-refractivity contribution is 7.09. The van der Waals surface area contributed by atoms with E-state index in [0.717, 1.165) is 12.5 Å². The Morgan fingerprint density at radius 1 is 1.19 bits per heavy atom. The first-order valence-corrected chi connectivity index (χ1v) is 7.48. The molecule has 0 aliphatic rings. The van der Waals surface area contributed by atoms with Gasteiger partial charge in [-0.15, -0.1) is 11.3 Å². The molecular weight excluding hydrogens is 297 g/mol. The van der Waals surface area contributed by atoms with E-state index in [4.69, 9.17) is 5.73 Å². The van der Waals surface area contributed by atoms with Crippen LogP contribution in [0.3, 0.4) is 0 Å². The summed E-state index contributed by atoms with van der Waals surface area (Å²) in [6.07, 6.45) is 0.802. The van der Waals surface area contributed by atoms with Crippen molar-refractivity contribution in [2.75, 3.05) is 20.1 Å². The fourth-order valence-corrected chi connectivity index (χ4v) is 2.93. The minimum Gasteiger partial charge on any atom is -0.329 e. The number of hydrogen-bond acceptors (Lipinski definition) is 3. The Morgan fingerprint density at radius 3 is 2.52 bits per heavy atom. The van der Waals surface area contributed by atoms with E-state index >= 15 is 0 Å². The standard InChI is InChI=1S/C15H17F3N2S/c1-20(5-4-10-3-2-6-21-10)15(9-19)11-7-13(17)14(18)8-12(11)16/h2-3,6-8,15H,4-5,9,19H2,1H3. The predicted molar refractivity (Wildman–Crippen MR) is 78.8 cm³/mol. The summed E-state index contributed by atoms with van der Waals surface area (Å²) in [4.78, 5) is 3.07. The number of rotatable bonds is 6. The molecule has 114 valence electrons. The molecule has 2 nitrogen and oxygen atoms in total. The van der Waals surface area contributed by atoms with Crippen LogP contribution in [0.25, 0.3) is 0 Å². The van der Waals surface area contributed by atoms with Crippen molar-refractivity contribution in [2.45, 2.75) is 12.5 Å².